The molecule has 0 heterocycles. The maximum absolute atomic E-state index is 11.9. The second-order valence-electron chi connectivity index (χ2n) is 9.28. The van der Waals surface area contributed by atoms with Crippen LogP contribution in [0.1, 0.15) is 107 Å². The van der Waals surface area contributed by atoms with E-state index in [1.54, 1.807) is 0 Å². The van der Waals surface area contributed by atoms with Crippen LogP contribution < -0.4 is 0 Å². The molecule has 0 saturated heterocycles. The van der Waals surface area contributed by atoms with Crippen molar-refractivity contribution in [1.82, 2.24) is 0 Å². The largest absolute Gasteiger partial charge is 0.300 e. The molecule has 0 aliphatic heterocycles. The molecule has 0 spiro atoms. The Morgan fingerprint density at radius 3 is 2.39 bits per heavy atom. The zero-order valence-electron chi connectivity index (χ0n) is 17.7. The third-order valence-corrected chi connectivity index (χ3v) is 7.38. The number of benzene rings is 1. The summed E-state index contributed by atoms with van der Waals surface area (Å²) in [6.07, 6.45) is 15.4. The quantitative estimate of drug-likeness (QED) is 0.451. The van der Waals surface area contributed by atoms with Crippen molar-refractivity contribution in [3.8, 4) is 6.07 Å². The number of Topliss-reactive ketones (excluding diaryl/α,β-unsaturated/α-hetero) is 1. The fourth-order valence-corrected chi connectivity index (χ4v) is 5.46. The van der Waals surface area contributed by atoms with Crippen LogP contribution in [0, 0.1) is 22.7 Å². The van der Waals surface area contributed by atoms with Gasteiger partial charge in [-0.1, -0.05) is 56.9 Å². The van der Waals surface area contributed by atoms with Gasteiger partial charge < -0.3 is 0 Å². The minimum absolute atomic E-state index is 0.245. The molecule has 28 heavy (non-hydrogen) atoms. The van der Waals surface area contributed by atoms with Crippen molar-refractivity contribution < 1.29 is 4.79 Å². The first kappa shape index (κ1) is 21.1. The number of carbonyl (C=O) groups excluding carboxylic acids is 1. The minimum atomic E-state index is -0.245. The summed E-state index contributed by atoms with van der Waals surface area (Å²) in [5.41, 5.74) is 2.66. The Morgan fingerprint density at radius 2 is 1.75 bits per heavy atom. The number of unbranched alkanes of at least 4 members (excludes halogenated alkanes) is 4. The maximum Gasteiger partial charge on any atom is 0.133 e. The lowest BCUT2D eigenvalue weighted by Gasteiger charge is -2.42. The van der Waals surface area contributed by atoms with Crippen LogP contribution in [0.25, 0.3) is 0 Å². The number of hydrogen-bond donors (Lipinski definition) is 0. The second-order valence-corrected chi connectivity index (χ2v) is 9.28. The fourth-order valence-electron chi connectivity index (χ4n) is 5.46. The summed E-state index contributed by atoms with van der Waals surface area (Å²) in [7, 11) is 0. The average Bonchev–Trinajstić information content (AvgIpc) is 2.74. The standard InChI is InChI=1S/C26H37NO/c1-2-3-4-5-6-8-21-11-13-22(14-12-21)23-15-17-26(20-27,18-16-23)24-9-7-10-25(28)19-24/h11-14,23-24H,2-10,15-19H2,1H3. The van der Waals surface area contributed by atoms with Crippen molar-refractivity contribution in [3.63, 3.8) is 0 Å². The van der Waals surface area contributed by atoms with Crippen LogP contribution in [0.15, 0.2) is 24.3 Å². The van der Waals surface area contributed by atoms with Crippen molar-refractivity contribution >= 4 is 5.78 Å². The Balaban J connectivity index is 1.51. The first-order chi connectivity index (χ1) is 13.7. The summed E-state index contributed by atoms with van der Waals surface area (Å²) >= 11 is 0. The molecule has 0 radical (unpaired) electrons. The molecule has 2 fully saturated rings. The van der Waals surface area contributed by atoms with E-state index in [1.165, 1.54) is 49.7 Å². The van der Waals surface area contributed by atoms with Gasteiger partial charge in [-0.25, -0.2) is 0 Å². The summed E-state index contributed by atoms with van der Waals surface area (Å²) in [6.45, 7) is 2.26. The number of ketones is 1. The van der Waals surface area contributed by atoms with Gasteiger partial charge in [-0.15, -0.1) is 0 Å². The van der Waals surface area contributed by atoms with Crippen LogP contribution in [-0.2, 0) is 11.2 Å². The molecule has 1 unspecified atom stereocenters. The summed E-state index contributed by atoms with van der Waals surface area (Å²) in [4.78, 5) is 11.9. The van der Waals surface area contributed by atoms with E-state index in [-0.39, 0.29) is 5.41 Å². The zero-order chi connectivity index (χ0) is 19.8. The molecule has 2 nitrogen and oxygen atoms in total. The fraction of sp³-hybridized carbons (Fsp3) is 0.692. The van der Waals surface area contributed by atoms with Gasteiger partial charge in [-0.2, -0.15) is 5.26 Å². The predicted octanol–water partition coefficient (Wildman–Crippen LogP) is 7.13. The monoisotopic (exact) mass is 379 g/mol. The molecule has 152 valence electrons. The Bertz CT molecular complexity index is 661. The highest BCUT2D eigenvalue weighted by Gasteiger charge is 2.43. The summed E-state index contributed by atoms with van der Waals surface area (Å²) in [5, 5.41) is 9.95. The molecular weight excluding hydrogens is 342 g/mol. The summed E-state index contributed by atoms with van der Waals surface area (Å²) < 4.78 is 0. The Labute approximate surface area is 171 Å². The van der Waals surface area contributed by atoms with Gasteiger partial charge in [-0.05, 0) is 74.3 Å². The number of carbonyl (C=O) groups is 1. The van der Waals surface area contributed by atoms with Gasteiger partial charge >= 0.3 is 0 Å². The third kappa shape index (κ3) is 5.25. The smallest absolute Gasteiger partial charge is 0.133 e. The maximum atomic E-state index is 11.9. The van der Waals surface area contributed by atoms with Gasteiger partial charge in [0.05, 0.1) is 11.5 Å². The van der Waals surface area contributed by atoms with Gasteiger partial charge in [0.25, 0.3) is 0 Å². The molecule has 2 saturated carbocycles. The van der Waals surface area contributed by atoms with Crippen molar-refractivity contribution in [1.29, 1.82) is 5.26 Å². The topological polar surface area (TPSA) is 40.9 Å². The van der Waals surface area contributed by atoms with E-state index in [2.05, 4.69) is 37.3 Å². The molecule has 1 aromatic rings. The van der Waals surface area contributed by atoms with Gasteiger partial charge in [-0.3, -0.25) is 4.79 Å². The van der Waals surface area contributed by atoms with Gasteiger partial charge in [0, 0.05) is 12.8 Å². The van der Waals surface area contributed by atoms with E-state index in [4.69, 9.17) is 0 Å². The average molecular weight is 380 g/mol. The molecule has 0 amide bonds. The van der Waals surface area contributed by atoms with E-state index < -0.39 is 0 Å². The lowest BCUT2D eigenvalue weighted by atomic mass is 9.60. The molecule has 0 aromatic heterocycles. The van der Waals surface area contributed by atoms with Crippen LogP contribution in [-0.4, -0.2) is 5.78 Å². The zero-order valence-corrected chi connectivity index (χ0v) is 17.7. The molecule has 1 aromatic carbocycles. The number of nitriles is 1. The van der Waals surface area contributed by atoms with Crippen LogP contribution in [0.2, 0.25) is 0 Å². The lowest BCUT2D eigenvalue weighted by molar-refractivity contribution is -0.123. The van der Waals surface area contributed by atoms with E-state index >= 15 is 0 Å². The van der Waals surface area contributed by atoms with Crippen LogP contribution in [0.5, 0.6) is 0 Å². The van der Waals surface area contributed by atoms with Crippen LogP contribution in [0.3, 0.4) is 0 Å². The van der Waals surface area contributed by atoms with E-state index in [1.807, 2.05) is 0 Å². The highest BCUT2D eigenvalue weighted by atomic mass is 16.1. The van der Waals surface area contributed by atoms with Crippen molar-refractivity contribution in [2.75, 3.05) is 0 Å². The first-order valence-corrected chi connectivity index (χ1v) is 11.7. The van der Waals surface area contributed by atoms with Crippen LogP contribution >= 0.6 is 0 Å². The third-order valence-electron chi connectivity index (χ3n) is 7.38. The van der Waals surface area contributed by atoms with Gasteiger partial charge in [0.1, 0.15) is 5.78 Å². The molecule has 2 aliphatic rings. The molecule has 0 bridgehead atoms. The Kier molecular flexibility index (Phi) is 7.72. The Hall–Kier alpha value is -1.62. The molecule has 2 aliphatic carbocycles. The predicted molar refractivity (Wildman–Crippen MR) is 115 cm³/mol. The molecular formula is C26H37NO. The summed E-state index contributed by atoms with van der Waals surface area (Å²) in [6, 6.07) is 12.0. The highest BCUT2D eigenvalue weighted by molar-refractivity contribution is 5.79. The summed E-state index contributed by atoms with van der Waals surface area (Å²) in [5.74, 6) is 1.26. The van der Waals surface area contributed by atoms with Gasteiger partial charge in [0.2, 0.25) is 0 Å². The molecule has 1 atom stereocenters. The molecule has 0 N–H and O–H groups in total. The SMILES string of the molecule is CCCCCCCc1ccc(C2CCC(C#N)(C3CCCC(=O)C3)CC2)cc1. The Morgan fingerprint density at radius 1 is 1.04 bits per heavy atom. The number of rotatable bonds is 8. The number of aryl methyl sites for hydroxylation is 1. The highest BCUT2D eigenvalue weighted by Crippen LogP contribution is 2.50. The van der Waals surface area contributed by atoms with Crippen molar-refractivity contribution in [2.24, 2.45) is 11.3 Å². The van der Waals surface area contributed by atoms with E-state index in [9.17, 15) is 10.1 Å². The minimum Gasteiger partial charge on any atom is -0.300 e. The first-order valence-electron chi connectivity index (χ1n) is 11.7. The number of hydrogen-bond acceptors (Lipinski definition) is 2. The van der Waals surface area contributed by atoms with E-state index in [0.29, 0.717) is 24.0 Å². The van der Waals surface area contributed by atoms with Crippen LogP contribution in [0.4, 0.5) is 0 Å². The molecule has 3 rings (SSSR count). The van der Waals surface area contributed by atoms with E-state index in [0.717, 1.165) is 44.9 Å². The normalized spacial score (nSPS) is 28.1. The number of nitrogens with zero attached hydrogens (tertiary/aromatic N) is 1. The van der Waals surface area contributed by atoms with Crippen molar-refractivity contribution in [3.05, 3.63) is 35.4 Å². The van der Waals surface area contributed by atoms with Gasteiger partial charge in [0.15, 0.2) is 0 Å². The second kappa shape index (κ2) is 10.2. The van der Waals surface area contributed by atoms with Crippen molar-refractivity contribution in [2.45, 2.75) is 103 Å². The molecule has 2 heteroatoms. The lowest BCUT2D eigenvalue weighted by Crippen LogP contribution is -2.36.